The number of rotatable bonds is 3. The van der Waals surface area contributed by atoms with Crippen molar-refractivity contribution in [3.63, 3.8) is 0 Å². The van der Waals surface area contributed by atoms with Gasteiger partial charge in [-0.05, 0) is 43.0 Å². The largest absolute Gasteiger partial charge is 0.508 e. The lowest BCUT2D eigenvalue weighted by Crippen LogP contribution is -2.33. The van der Waals surface area contributed by atoms with Crippen LogP contribution in [0.2, 0.25) is 0 Å². The lowest BCUT2D eigenvalue weighted by atomic mass is 10.1. The molecular formula is C13H16F3NO. The molecule has 0 radical (unpaired) electrons. The summed E-state index contributed by atoms with van der Waals surface area (Å²) in [6, 6.07) is 4.40. The maximum Gasteiger partial charge on any atom is 0.390 e. The van der Waals surface area contributed by atoms with Gasteiger partial charge in [0.15, 0.2) is 0 Å². The van der Waals surface area contributed by atoms with E-state index >= 15 is 0 Å². The molecule has 2 N–H and O–H groups in total. The average Bonchev–Trinajstić information content (AvgIpc) is 2.57. The minimum absolute atomic E-state index is 0.0436. The van der Waals surface area contributed by atoms with Crippen LogP contribution in [0, 0.1) is 0 Å². The molecule has 0 spiro atoms. The molecule has 1 aliphatic carbocycles. The average molecular weight is 259 g/mol. The third kappa shape index (κ3) is 3.16. The van der Waals surface area contributed by atoms with Crippen LogP contribution in [-0.2, 0) is 6.42 Å². The fourth-order valence-electron chi connectivity index (χ4n) is 2.53. The monoisotopic (exact) mass is 259 g/mol. The van der Waals surface area contributed by atoms with Crippen LogP contribution < -0.4 is 5.32 Å². The molecule has 5 heteroatoms. The first kappa shape index (κ1) is 13.2. The van der Waals surface area contributed by atoms with Crippen LogP contribution in [0.4, 0.5) is 13.2 Å². The molecule has 0 aliphatic heterocycles. The number of halogens is 3. The molecule has 2 rings (SSSR count). The predicted molar refractivity (Wildman–Crippen MR) is 62.4 cm³/mol. The second-order valence-electron chi connectivity index (χ2n) is 4.86. The fraction of sp³-hybridized carbons (Fsp3) is 0.538. The van der Waals surface area contributed by atoms with Crippen molar-refractivity contribution >= 4 is 0 Å². The zero-order chi connectivity index (χ0) is 13.3. The highest BCUT2D eigenvalue weighted by Gasteiger charge is 2.32. The molecule has 2 unspecified atom stereocenters. The van der Waals surface area contributed by atoms with Crippen LogP contribution in [0.25, 0.3) is 0 Å². The van der Waals surface area contributed by atoms with Crippen LogP contribution in [0.5, 0.6) is 5.75 Å². The van der Waals surface area contributed by atoms with E-state index < -0.39 is 18.6 Å². The summed E-state index contributed by atoms with van der Waals surface area (Å²) in [5.74, 6) is 0.206. The highest BCUT2D eigenvalue weighted by molar-refractivity contribution is 5.40. The van der Waals surface area contributed by atoms with Gasteiger partial charge >= 0.3 is 6.18 Å². The Hall–Kier alpha value is -1.23. The molecule has 2 atom stereocenters. The van der Waals surface area contributed by atoms with Gasteiger partial charge < -0.3 is 10.4 Å². The lowest BCUT2D eigenvalue weighted by molar-refractivity contribution is -0.139. The Balaban J connectivity index is 2.01. The van der Waals surface area contributed by atoms with E-state index in [0.29, 0.717) is 0 Å². The number of aromatic hydroxyl groups is 1. The van der Waals surface area contributed by atoms with Gasteiger partial charge in [0.2, 0.25) is 0 Å². The Labute approximate surface area is 104 Å². The van der Waals surface area contributed by atoms with Crippen molar-refractivity contribution in [2.45, 2.75) is 44.4 Å². The van der Waals surface area contributed by atoms with Gasteiger partial charge in [0.1, 0.15) is 5.75 Å². The van der Waals surface area contributed by atoms with Crippen LogP contribution in [0.1, 0.15) is 36.9 Å². The van der Waals surface area contributed by atoms with Crippen molar-refractivity contribution in [2.24, 2.45) is 0 Å². The van der Waals surface area contributed by atoms with Crippen molar-refractivity contribution in [1.82, 2.24) is 5.32 Å². The maximum atomic E-state index is 12.3. The van der Waals surface area contributed by atoms with Gasteiger partial charge in [-0.25, -0.2) is 0 Å². The summed E-state index contributed by atoms with van der Waals surface area (Å²) in [4.78, 5) is 0. The normalized spacial score (nSPS) is 20.8. The number of benzene rings is 1. The Bertz CT molecular complexity index is 431. The molecule has 1 aromatic carbocycles. The second kappa shape index (κ2) is 4.80. The number of aryl methyl sites for hydroxylation is 1. The van der Waals surface area contributed by atoms with Crippen molar-refractivity contribution in [2.75, 3.05) is 0 Å². The summed E-state index contributed by atoms with van der Waals surface area (Å²) < 4.78 is 36.8. The summed E-state index contributed by atoms with van der Waals surface area (Å²) >= 11 is 0. The third-order valence-electron chi connectivity index (χ3n) is 3.23. The van der Waals surface area contributed by atoms with Crippen molar-refractivity contribution in [3.8, 4) is 5.75 Å². The van der Waals surface area contributed by atoms with Crippen molar-refractivity contribution in [3.05, 3.63) is 29.3 Å². The van der Waals surface area contributed by atoms with E-state index in [-0.39, 0.29) is 11.8 Å². The van der Waals surface area contributed by atoms with Gasteiger partial charge in [0.25, 0.3) is 0 Å². The molecule has 2 nitrogen and oxygen atoms in total. The Morgan fingerprint density at radius 1 is 1.44 bits per heavy atom. The van der Waals surface area contributed by atoms with Gasteiger partial charge in [-0.2, -0.15) is 13.2 Å². The summed E-state index contributed by atoms with van der Waals surface area (Å²) in [6.45, 7) is 1.55. The standard InChI is InChI=1S/C13H16F3NO/c1-8(7-13(14,15)16)17-12-5-2-9-6-10(18)3-4-11(9)12/h3-4,6,8,12,17-18H,2,5,7H2,1H3. The topological polar surface area (TPSA) is 32.3 Å². The molecule has 0 saturated heterocycles. The molecule has 1 aromatic rings. The summed E-state index contributed by atoms with van der Waals surface area (Å²) in [6.07, 6.45) is -3.39. The Morgan fingerprint density at radius 3 is 2.83 bits per heavy atom. The molecule has 0 aromatic heterocycles. The summed E-state index contributed by atoms with van der Waals surface area (Å²) in [5, 5.41) is 12.4. The van der Waals surface area contributed by atoms with Crippen LogP contribution in [0.15, 0.2) is 18.2 Å². The van der Waals surface area contributed by atoms with E-state index in [4.69, 9.17) is 0 Å². The van der Waals surface area contributed by atoms with E-state index in [1.807, 2.05) is 0 Å². The number of phenols is 1. The van der Waals surface area contributed by atoms with E-state index in [2.05, 4.69) is 5.32 Å². The van der Waals surface area contributed by atoms with E-state index in [1.54, 1.807) is 25.1 Å². The van der Waals surface area contributed by atoms with E-state index in [1.165, 1.54) is 0 Å². The minimum Gasteiger partial charge on any atom is -0.508 e. The highest BCUT2D eigenvalue weighted by Crippen LogP contribution is 2.34. The number of hydrogen-bond donors (Lipinski definition) is 2. The molecule has 0 saturated carbocycles. The predicted octanol–water partition coefficient (Wildman–Crippen LogP) is 3.31. The zero-order valence-corrected chi connectivity index (χ0v) is 10.1. The molecule has 18 heavy (non-hydrogen) atoms. The first-order chi connectivity index (χ1) is 8.35. The Morgan fingerprint density at radius 2 is 2.17 bits per heavy atom. The molecule has 0 heterocycles. The number of alkyl halides is 3. The molecule has 0 amide bonds. The van der Waals surface area contributed by atoms with Gasteiger partial charge in [-0.15, -0.1) is 0 Å². The summed E-state index contributed by atoms with van der Waals surface area (Å²) in [5.41, 5.74) is 2.02. The smallest absolute Gasteiger partial charge is 0.390 e. The first-order valence-electron chi connectivity index (χ1n) is 6.00. The van der Waals surface area contributed by atoms with Gasteiger partial charge in [-0.3, -0.25) is 0 Å². The van der Waals surface area contributed by atoms with Crippen LogP contribution in [-0.4, -0.2) is 17.3 Å². The number of nitrogens with one attached hydrogen (secondary N) is 1. The molecular weight excluding hydrogens is 243 g/mol. The molecule has 1 aliphatic rings. The second-order valence-corrected chi connectivity index (χ2v) is 4.86. The van der Waals surface area contributed by atoms with Crippen molar-refractivity contribution in [1.29, 1.82) is 0 Å². The van der Waals surface area contributed by atoms with Gasteiger partial charge in [0, 0.05) is 12.1 Å². The molecule has 100 valence electrons. The van der Waals surface area contributed by atoms with Crippen LogP contribution >= 0.6 is 0 Å². The highest BCUT2D eigenvalue weighted by atomic mass is 19.4. The lowest BCUT2D eigenvalue weighted by Gasteiger charge is -2.21. The fourth-order valence-corrected chi connectivity index (χ4v) is 2.53. The summed E-state index contributed by atoms with van der Waals surface area (Å²) in [7, 11) is 0. The van der Waals surface area contributed by atoms with Crippen LogP contribution in [0.3, 0.4) is 0 Å². The van der Waals surface area contributed by atoms with E-state index in [0.717, 1.165) is 24.0 Å². The maximum absolute atomic E-state index is 12.3. The number of phenolic OH excluding ortho intramolecular Hbond substituents is 1. The van der Waals surface area contributed by atoms with Crippen molar-refractivity contribution < 1.29 is 18.3 Å². The number of fused-ring (bicyclic) bond motifs is 1. The molecule has 0 fully saturated rings. The van der Waals surface area contributed by atoms with Gasteiger partial charge in [0.05, 0.1) is 6.42 Å². The third-order valence-corrected chi connectivity index (χ3v) is 3.23. The molecule has 0 bridgehead atoms. The quantitative estimate of drug-likeness (QED) is 0.872. The van der Waals surface area contributed by atoms with Gasteiger partial charge in [-0.1, -0.05) is 6.07 Å². The minimum atomic E-state index is -4.14. The number of hydrogen-bond acceptors (Lipinski definition) is 2. The zero-order valence-electron chi connectivity index (χ0n) is 10.1. The Kier molecular flexibility index (Phi) is 3.52. The van der Waals surface area contributed by atoms with E-state index in [9.17, 15) is 18.3 Å². The SMILES string of the molecule is CC(CC(F)(F)F)NC1CCc2cc(O)ccc21. The first-order valence-corrected chi connectivity index (χ1v) is 6.00.